The Morgan fingerprint density at radius 1 is 1.06 bits per heavy atom. The fraction of sp³-hybridized carbons (Fsp3) is 0.333. The standard InChI is InChI=1S/C24H19F3N2O5/c1-23(2)17-8-7-12(9-18(17)28(22(23)33)11-24(25,26)27)15-10-16(15)21(32)34-29-19(30)13-5-3-4-6-14(13)20(29)31/h3-9,15-16H,10-11H2,1-2H3/t15-,16+/m1/s1. The summed E-state index contributed by atoms with van der Waals surface area (Å²) in [7, 11) is 0. The molecule has 2 aromatic carbocycles. The first kappa shape index (κ1) is 22.1. The molecule has 2 atom stereocenters. The smallest absolute Gasteiger partial charge is 0.329 e. The predicted octanol–water partition coefficient (Wildman–Crippen LogP) is 3.73. The number of hydrogen-bond donors (Lipinski definition) is 0. The molecule has 3 amide bonds. The van der Waals surface area contributed by atoms with Crippen LogP contribution in [0.3, 0.4) is 0 Å². The van der Waals surface area contributed by atoms with E-state index in [1.165, 1.54) is 18.2 Å². The van der Waals surface area contributed by atoms with Crippen LogP contribution in [0.4, 0.5) is 18.9 Å². The van der Waals surface area contributed by atoms with Crippen molar-refractivity contribution in [3.63, 3.8) is 0 Å². The highest BCUT2D eigenvalue weighted by Gasteiger charge is 2.51. The fourth-order valence-corrected chi connectivity index (χ4v) is 4.66. The van der Waals surface area contributed by atoms with Crippen molar-refractivity contribution < 1.29 is 37.2 Å². The third kappa shape index (κ3) is 3.36. The molecule has 2 heterocycles. The highest BCUT2D eigenvalue weighted by Crippen LogP contribution is 2.51. The molecule has 2 aliphatic heterocycles. The summed E-state index contributed by atoms with van der Waals surface area (Å²) in [6, 6.07) is 10.9. The molecular formula is C24H19F3N2O5. The van der Waals surface area contributed by atoms with Crippen LogP contribution in [-0.4, -0.2) is 41.5 Å². The monoisotopic (exact) mass is 472 g/mol. The zero-order chi connectivity index (χ0) is 24.6. The van der Waals surface area contributed by atoms with Gasteiger partial charge in [0.2, 0.25) is 5.91 Å². The molecule has 3 aliphatic rings. The van der Waals surface area contributed by atoms with Crippen LogP contribution in [0.25, 0.3) is 0 Å². The topological polar surface area (TPSA) is 84.0 Å². The Bertz CT molecular complexity index is 1230. The molecule has 1 fully saturated rings. The molecule has 10 heteroatoms. The van der Waals surface area contributed by atoms with E-state index in [1.54, 1.807) is 38.1 Å². The number of benzene rings is 2. The molecule has 34 heavy (non-hydrogen) atoms. The van der Waals surface area contributed by atoms with E-state index in [-0.39, 0.29) is 22.7 Å². The second-order valence-corrected chi connectivity index (χ2v) is 9.22. The van der Waals surface area contributed by atoms with E-state index in [1.807, 2.05) is 0 Å². The van der Waals surface area contributed by atoms with E-state index >= 15 is 0 Å². The van der Waals surface area contributed by atoms with Gasteiger partial charge in [0.05, 0.1) is 22.5 Å². The minimum atomic E-state index is -4.57. The zero-order valence-corrected chi connectivity index (χ0v) is 18.2. The Morgan fingerprint density at radius 2 is 1.68 bits per heavy atom. The average molecular weight is 472 g/mol. The third-order valence-corrected chi connectivity index (χ3v) is 6.56. The Morgan fingerprint density at radius 3 is 2.26 bits per heavy atom. The van der Waals surface area contributed by atoms with E-state index in [2.05, 4.69) is 0 Å². The van der Waals surface area contributed by atoms with Crippen LogP contribution in [0.15, 0.2) is 42.5 Å². The van der Waals surface area contributed by atoms with E-state index in [9.17, 15) is 32.3 Å². The molecule has 0 unspecified atom stereocenters. The van der Waals surface area contributed by atoms with E-state index in [0.717, 1.165) is 4.90 Å². The van der Waals surface area contributed by atoms with Gasteiger partial charge in [-0.05, 0) is 55.5 Å². The van der Waals surface area contributed by atoms with Crippen molar-refractivity contribution in [3.05, 3.63) is 64.7 Å². The van der Waals surface area contributed by atoms with Crippen LogP contribution in [0.5, 0.6) is 0 Å². The van der Waals surface area contributed by atoms with Crippen molar-refractivity contribution in [2.45, 2.75) is 37.8 Å². The molecule has 2 aromatic rings. The number of anilines is 1. The molecule has 0 bridgehead atoms. The number of carbonyl (C=O) groups is 4. The Labute approximate surface area is 192 Å². The number of hydroxylamine groups is 2. The van der Waals surface area contributed by atoms with Crippen LogP contribution < -0.4 is 4.90 Å². The fourth-order valence-electron chi connectivity index (χ4n) is 4.66. The maximum Gasteiger partial charge on any atom is 0.406 e. The van der Waals surface area contributed by atoms with Gasteiger partial charge in [0.1, 0.15) is 6.54 Å². The Kier molecular flexibility index (Phi) is 4.65. The first-order chi connectivity index (χ1) is 15.9. The second-order valence-electron chi connectivity index (χ2n) is 9.22. The number of amides is 3. The molecule has 1 aliphatic carbocycles. The maximum absolute atomic E-state index is 13.1. The van der Waals surface area contributed by atoms with Crippen molar-refractivity contribution in [3.8, 4) is 0 Å². The quantitative estimate of drug-likeness (QED) is 0.634. The molecule has 0 aromatic heterocycles. The van der Waals surface area contributed by atoms with Gasteiger partial charge in [-0.2, -0.15) is 13.2 Å². The first-order valence-corrected chi connectivity index (χ1v) is 10.6. The summed E-state index contributed by atoms with van der Waals surface area (Å²) >= 11 is 0. The number of alkyl halides is 3. The lowest BCUT2D eigenvalue weighted by atomic mass is 9.85. The number of carbonyl (C=O) groups excluding carboxylic acids is 4. The van der Waals surface area contributed by atoms with Gasteiger partial charge >= 0.3 is 12.1 Å². The summed E-state index contributed by atoms with van der Waals surface area (Å²) in [5, 5.41) is 0.442. The van der Waals surface area contributed by atoms with Gasteiger partial charge in [-0.15, -0.1) is 0 Å². The van der Waals surface area contributed by atoms with Crippen molar-refractivity contribution in [1.29, 1.82) is 0 Å². The average Bonchev–Trinajstić information content (AvgIpc) is 3.52. The Balaban J connectivity index is 1.34. The largest absolute Gasteiger partial charge is 0.406 e. The molecule has 1 saturated carbocycles. The van der Waals surface area contributed by atoms with Gasteiger partial charge in [-0.1, -0.05) is 29.3 Å². The molecule has 0 saturated heterocycles. The van der Waals surface area contributed by atoms with Gasteiger partial charge in [-0.25, -0.2) is 4.79 Å². The highest BCUT2D eigenvalue weighted by atomic mass is 19.4. The minimum absolute atomic E-state index is 0.142. The summed E-state index contributed by atoms with van der Waals surface area (Å²) in [5.41, 5.74) is 0.416. The molecule has 0 spiro atoms. The lowest BCUT2D eigenvalue weighted by Gasteiger charge is -2.21. The molecular weight excluding hydrogens is 453 g/mol. The van der Waals surface area contributed by atoms with Crippen LogP contribution in [0.1, 0.15) is 58.0 Å². The number of imide groups is 1. The molecule has 176 valence electrons. The van der Waals surface area contributed by atoms with Crippen molar-refractivity contribution in [2.75, 3.05) is 11.4 Å². The third-order valence-electron chi connectivity index (χ3n) is 6.56. The number of hydrogen-bond acceptors (Lipinski definition) is 5. The Hall–Kier alpha value is -3.69. The molecule has 0 radical (unpaired) electrons. The maximum atomic E-state index is 13.1. The molecule has 0 N–H and O–H groups in total. The van der Waals surface area contributed by atoms with Crippen LogP contribution in [0.2, 0.25) is 0 Å². The number of halogens is 3. The van der Waals surface area contributed by atoms with Gasteiger partial charge < -0.3 is 9.74 Å². The van der Waals surface area contributed by atoms with Crippen molar-refractivity contribution >= 4 is 29.4 Å². The molecule has 7 nitrogen and oxygen atoms in total. The normalized spacial score (nSPS) is 22.7. The summed E-state index contributed by atoms with van der Waals surface area (Å²) in [4.78, 5) is 56.0. The summed E-state index contributed by atoms with van der Waals surface area (Å²) in [5.74, 6) is -3.90. The summed E-state index contributed by atoms with van der Waals surface area (Å²) in [6.07, 6.45) is -4.22. The number of rotatable bonds is 4. The van der Waals surface area contributed by atoms with Gasteiger partial charge in [0.15, 0.2) is 0 Å². The second kappa shape index (κ2) is 7.15. The van der Waals surface area contributed by atoms with Crippen LogP contribution in [-0.2, 0) is 19.8 Å². The van der Waals surface area contributed by atoms with E-state index < -0.39 is 47.7 Å². The predicted molar refractivity (Wildman–Crippen MR) is 112 cm³/mol. The van der Waals surface area contributed by atoms with E-state index in [4.69, 9.17) is 4.84 Å². The lowest BCUT2D eigenvalue weighted by Crippen LogP contribution is -2.41. The summed E-state index contributed by atoms with van der Waals surface area (Å²) < 4.78 is 39.3. The van der Waals surface area contributed by atoms with Gasteiger partial charge in [-0.3, -0.25) is 14.4 Å². The SMILES string of the molecule is CC1(C)C(=O)N(CC(F)(F)F)c2cc([C@H]3C[C@@H]3C(=O)ON3C(=O)c4ccccc4C3=O)ccc21. The van der Waals surface area contributed by atoms with Gasteiger partial charge in [0, 0.05) is 5.69 Å². The first-order valence-electron chi connectivity index (χ1n) is 10.6. The number of nitrogens with zero attached hydrogens (tertiary/aromatic N) is 2. The van der Waals surface area contributed by atoms with Gasteiger partial charge in [0.25, 0.3) is 11.8 Å². The highest BCUT2D eigenvalue weighted by molar-refractivity contribution is 6.21. The van der Waals surface area contributed by atoms with Crippen molar-refractivity contribution in [2.24, 2.45) is 5.92 Å². The summed E-state index contributed by atoms with van der Waals surface area (Å²) in [6.45, 7) is 1.74. The van der Waals surface area contributed by atoms with Crippen LogP contribution >= 0.6 is 0 Å². The minimum Gasteiger partial charge on any atom is -0.329 e. The van der Waals surface area contributed by atoms with Crippen molar-refractivity contribution in [1.82, 2.24) is 5.06 Å². The molecule has 5 rings (SSSR count). The zero-order valence-electron chi connectivity index (χ0n) is 18.2. The lowest BCUT2D eigenvalue weighted by molar-refractivity contribution is -0.170. The number of fused-ring (bicyclic) bond motifs is 2. The van der Waals surface area contributed by atoms with Crippen LogP contribution in [0, 0.1) is 5.92 Å². The van der Waals surface area contributed by atoms with E-state index in [0.29, 0.717) is 22.6 Å².